The third kappa shape index (κ3) is 3.47. The van der Waals surface area contributed by atoms with Gasteiger partial charge in [0.2, 0.25) is 0 Å². The second-order valence-corrected chi connectivity index (χ2v) is 4.34. The van der Waals surface area contributed by atoms with E-state index < -0.39 is 11.8 Å². The highest BCUT2D eigenvalue weighted by atomic mass is 16.4. The van der Waals surface area contributed by atoms with Crippen LogP contribution in [0.2, 0.25) is 0 Å². The van der Waals surface area contributed by atoms with E-state index in [4.69, 9.17) is 9.52 Å². The smallest absolute Gasteiger partial charge is 0.417 e. The van der Waals surface area contributed by atoms with Crippen molar-refractivity contribution in [3.63, 3.8) is 0 Å². The predicted octanol–water partition coefficient (Wildman–Crippen LogP) is 1.74. The number of ketones is 1. The number of amides is 1. The van der Waals surface area contributed by atoms with Crippen molar-refractivity contribution in [1.82, 2.24) is 10.3 Å². The van der Waals surface area contributed by atoms with E-state index in [1.165, 1.54) is 6.07 Å². The topological polar surface area (TPSA) is 112 Å². The van der Waals surface area contributed by atoms with E-state index in [9.17, 15) is 14.4 Å². The molecule has 2 rings (SSSR count). The Balaban J connectivity index is 1.90. The van der Waals surface area contributed by atoms with Crippen LogP contribution in [0.25, 0.3) is 11.1 Å². The zero-order valence-corrected chi connectivity index (χ0v) is 10.6. The molecule has 20 heavy (non-hydrogen) atoms. The second-order valence-electron chi connectivity index (χ2n) is 4.34. The Bertz CT molecular complexity index is 685. The zero-order chi connectivity index (χ0) is 14.5. The molecular formula is C13H14N2O5. The van der Waals surface area contributed by atoms with Gasteiger partial charge in [0.15, 0.2) is 11.4 Å². The first-order valence-corrected chi connectivity index (χ1v) is 6.19. The van der Waals surface area contributed by atoms with Crippen molar-refractivity contribution in [3.05, 3.63) is 34.3 Å². The molecular weight excluding hydrogens is 264 g/mol. The number of Topliss-reactive ketones (excluding diaryl/α,β-unsaturated/α-hetero) is 1. The minimum absolute atomic E-state index is 0.0638. The lowest BCUT2D eigenvalue weighted by atomic mass is 10.1. The third-order valence-electron chi connectivity index (χ3n) is 2.85. The van der Waals surface area contributed by atoms with Gasteiger partial charge in [-0.25, -0.2) is 9.59 Å². The van der Waals surface area contributed by atoms with E-state index in [0.29, 0.717) is 42.5 Å². The van der Waals surface area contributed by atoms with E-state index in [2.05, 4.69) is 10.3 Å². The fourth-order valence-electron chi connectivity index (χ4n) is 1.87. The van der Waals surface area contributed by atoms with E-state index in [-0.39, 0.29) is 5.78 Å². The van der Waals surface area contributed by atoms with Gasteiger partial charge in [-0.3, -0.25) is 9.78 Å². The molecule has 7 heteroatoms. The van der Waals surface area contributed by atoms with Crippen LogP contribution in [0.4, 0.5) is 4.79 Å². The van der Waals surface area contributed by atoms with Crippen molar-refractivity contribution in [2.45, 2.75) is 19.3 Å². The first kappa shape index (κ1) is 13.9. The Morgan fingerprint density at radius 3 is 2.85 bits per heavy atom. The van der Waals surface area contributed by atoms with Gasteiger partial charge < -0.3 is 14.8 Å². The summed E-state index contributed by atoms with van der Waals surface area (Å²) in [5.74, 6) is -0.615. The molecule has 1 aromatic heterocycles. The van der Waals surface area contributed by atoms with Crippen LogP contribution < -0.4 is 11.1 Å². The fraction of sp³-hybridized carbons (Fsp3) is 0.308. The number of unbranched alkanes of at least 4 members (excludes halogenated alkanes) is 1. The van der Waals surface area contributed by atoms with Crippen LogP contribution in [0.15, 0.2) is 27.4 Å². The van der Waals surface area contributed by atoms with Crippen LogP contribution in [-0.2, 0) is 0 Å². The van der Waals surface area contributed by atoms with Crippen molar-refractivity contribution >= 4 is 23.0 Å². The summed E-state index contributed by atoms with van der Waals surface area (Å²) in [4.78, 5) is 35.7. The number of carbonyl (C=O) groups is 2. The lowest BCUT2D eigenvalue weighted by Crippen LogP contribution is -2.21. The monoisotopic (exact) mass is 278 g/mol. The molecule has 0 aliphatic heterocycles. The van der Waals surface area contributed by atoms with Crippen molar-refractivity contribution < 1.29 is 19.1 Å². The maximum absolute atomic E-state index is 11.9. The van der Waals surface area contributed by atoms with Gasteiger partial charge in [-0.1, -0.05) is 0 Å². The molecule has 0 fully saturated rings. The highest BCUT2D eigenvalue weighted by Gasteiger charge is 2.09. The number of nitrogens with one attached hydrogen (secondary N) is 2. The van der Waals surface area contributed by atoms with Crippen molar-refractivity contribution in [2.24, 2.45) is 0 Å². The average molecular weight is 278 g/mol. The summed E-state index contributed by atoms with van der Waals surface area (Å²) in [7, 11) is 0. The number of carboxylic acid groups (broad SMARTS) is 1. The van der Waals surface area contributed by atoms with Gasteiger partial charge in [-0.2, -0.15) is 0 Å². The van der Waals surface area contributed by atoms with E-state index in [1.807, 2.05) is 0 Å². The average Bonchev–Trinajstić information content (AvgIpc) is 2.76. The fourth-order valence-corrected chi connectivity index (χ4v) is 1.87. The molecule has 0 atom stereocenters. The van der Waals surface area contributed by atoms with E-state index in [1.54, 1.807) is 12.1 Å². The van der Waals surface area contributed by atoms with Crippen molar-refractivity contribution in [2.75, 3.05) is 6.54 Å². The number of carbonyl (C=O) groups excluding carboxylic acids is 1. The normalized spacial score (nSPS) is 10.6. The molecule has 0 aliphatic carbocycles. The van der Waals surface area contributed by atoms with Gasteiger partial charge >= 0.3 is 11.8 Å². The third-order valence-corrected chi connectivity index (χ3v) is 2.85. The maximum Gasteiger partial charge on any atom is 0.417 e. The molecule has 1 amide bonds. The quantitative estimate of drug-likeness (QED) is 0.550. The van der Waals surface area contributed by atoms with E-state index in [0.717, 1.165) is 0 Å². The SMILES string of the molecule is O=C(O)NCCCCC(=O)c1ccc2[nH]c(=O)oc2c1. The van der Waals surface area contributed by atoms with Gasteiger partial charge in [0.25, 0.3) is 0 Å². The number of fused-ring (bicyclic) bond motifs is 1. The van der Waals surface area contributed by atoms with Crippen LogP contribution in [-0.4, -0.2) is 28.5 Å². The molecule has 1 heterocycles. The summed E-state index contributed by atoms with van der Waals surface area (Å²) in [6, 6.07) is 4.79. The number of rotatable bonds is 6. The Morgan fingerprint density at radius 1 is 1.30 bits per heavy atom. The molecule has 0 radical (unpaired) electrons. The van der Waals surface area contributed by atoms with Crippen LogP contribution in [0, 0.1) is 0 Å². The first-order chi connectivity index (χ1) is 9.56. The maximum atomic E-state index is 11.9. The summed E-state index contributed by atoms with van der Waals surface area (Å²) in [6.45, 7) is 0.328. The molecule has 0 saturated heterocycles. The summed E-state index contributed by atoms with van der Waals surface area (Å²) >= 11 is 0. The predicted molar refractivity (Wildman–Crippen MR) is 71.0 cm³/mol. The lowest BCUT2D eigenvalue weighted by molar-refractivity contribution is 0.0979. The number of hydrogen-bond donors (Lipinski definition) is 3. The summed E-state index contributed by atoms with van der Waals surface area (Å²) in [5.41, 5.74) is 1.39. The van der Waals surface area contributed by atoms with Crippen LogP contribution in [0.1, 0.15) is 29.6 Å². The molecule has 0 aliphatic rings. The number of aromatic amines is 1. The first-order valence-electron chi connectivity index (χ1n) is 6.19. The van der Waals surface area contributed by atoms with Gasteiger partial charge in [0.05, 0.1) is 5.52 Å². The molecule has 1 aromatic carbocycles. The van der Waals surface area contributed by atoms with Crippen molar-refractivity contribution in [3.8, 4) is 0 Å². The summed E-state index contributed by atoms with van der Waals surface area (Å²) in [5, 5.41) is 10.6. The summed E-state index contributed by atoms with van der Waals surface area (Å²) in [6.07, 6.45) is 0.444. The Kier molecular flexibility index (Phi) is 4.19. The summed E-state index contributed by atoms with van der Waals surface area (Å²) < 4.78 is 4.89. The molecule has 0 unspecified atom stereocenters. The largest absolute Gasteiger partial charge is 0.465 e. The van der Waals surface area contributed by atoms with Gasteiger partial charge in [0, 0.05) is 18.5 Å². The van der Waals surface area contributed by atoms with Crippen molar-refractivity contribution in [1.29, 1.82) is 0 Å². The second kappa shape index (κ2) is 6.05. The molecule has 0 saturated carbocycles. The van der Waals surface area contributed by atoms with Gasteiger partial charge in [-0.15, -0.1) is 0 Å². The molecule has 106 valence electrons. The highest BCUT2D eigenvalue weighted by Crippen LogP contribution is 2.14. The Morgan fingerprint density at radius 2 is 2.10 bits per heavy atom. The lowest BCUT2D eigenvalue weighted by Gasteiger charge is -2.02. The van der Waals surface area contributed by atoms with Crippen LogP contribution in [0.5, 0.6) is 0 Å². The van der Waals surface area contributed by atoms with Crippen LogP contribution >= 0.6 is 0 Å². The molecule has 7 nitrogen and oxygen atoms in total. The molecule has 0 bridgehead atoms. The minimum Gasteiger partial charge on any atom is -0.465 e. The number of H-pyrrole nitrogens is 1. The van der Waals surface area contributed by atoms with Gasteiger partial charge in [0.1, 0.15) is 0 Å². The van der Waals surface area contributed by atoms with E-state index >= 15 is 0 Å². The molecule has 3 N–H and O–H groups in total. The number of oxazole rings is 1. The molecule has 0 spiro atoms. The number of benzene rings is 1. The number of aromatic nitrogens is 1. The highest BCUT2D eigenvalue weighted by molar-refractivity contribution is 5.98. The Hall–Kier alpha value is -2.57. The molecule has 2 aromatic rings. The van der Waals surface area contributed by atoms with Crippen LogP contribution in [0.3, 0.4) is 0 Å². The van der Waals surface area contributed by atoms with Gasteiger partial charge in [-0.05, 0) is 31.0 Å². The zero-order valence-electron chi connectivity index (χ0n) is 10.6. The number of hydrogen-bond acceptors (Lipinski definition) is 4. The Labute approximate surface area is 113 Å². The minimum atomic E-state index is -1.07. The standard InChI is InChI=1S/C13H14N2O5/c16-10(3-1-2-6-14-12(17)18)8-4-5-9-11(7-8)20-13(19)15-9/h4-5,7,14H,1-3,6H2,(H,15,19)(H,17,18).